The van der Waals surface area contributed by atoms with Crippen LogP contribution in [0.2, 0.25) is 0 Å². The Labute approximate surface area is 124 Å². The summed E-state index contributed by atoms with van der Waals surface area (Å²) in [6.07, 6.45) is 3.55. The molecular weight excluding hydrogens is 268 g/mol. The van der Waals surface area contributed by atoms with Crippen molar-refractivity contribution < 1.29 is 14.3 Å². The third-order valence-electron chi connectivity index (χ3n) is 3.32. The number of methoxy groups -OCH3 is 1. The molecule has 21 heavy (non-hydrogen) atoms. The molecule has 5 heteroatoms. The van der Waals surface area contributed by atoms with Crippen molar-refractivity contribution in [2.24, 2.45) is 0 Å². The molecule has 1 aromatic carbocycles. The molecule has 0 saturated carbocycles. The summed E-state index contributed by atoms with van der Waals surface area (Å²) < 4.78 is 10.6. The number of nitrogens with one attached hydrogen (secondary N) is 1. The van der Waals surface area contributed by atoms with Crippen molar-refractivity contribution in [1.29, 1.82) is 5.26 Å². The van der Waals surface area contributed by atoms with Crippen LogP contribution in [0.3, 0.4) is 0 Å². The van der Waals surface area contributed by atoms with Crippen LogP contribution in [-0.4, -0.2) is 32.3 Å². The van der Waals surface area contributed by atoms with Crippen LogP contribution in [0, 0.1) is 11.3 Å². The number of para-hydroxylation sites is 1. The summed E-state index contributed by atoms with van der Waals surface area (Å²) in [7, 11) is 1.55. The molecule has 1 heterocycles. The van der Waals surface area contributed by atoms with E-state index in [1.54, 1.807) is 19.2 Å². The molecule has 1 aliphatic rings. The second-order valence-electron chi connectivity index (χ2n) is 4.76. The van der Waals surface area contributed by atoms with Gasteiger partial charge in [-0.2, -0.15) is 5.26 Å². The van der Waals surface area contributed by atoms with E-state index in [0.29, 0.717) is 17.9 Å². The molecule has 1 aliphatic heterocycles. The van der Waals surface area contributed by atoms with E-state index in [4.69, 9.17) is 14.7 Å². The Morgan fingerprint density at radius 2 is 2.38 bits per heavy atom. The van der Waals surface area contributed by atoms with E-state index in [0.717, 1.165) is 19.4 Å². The van der Waals surface area contributed by atoms with Crippen LogP contribution in [-0.2, 0) is 9.53 Å². The minimum Gasteiger partial charge on any atom is -0.496 e. The highest BCUT2D eigenvalue weighted by atomic mass is 16.5. The van der Waals surface area contributed by atoms with E-state index < -0.39 is 0 Å². The average Bonchev–Trinajstić information content (AvgIpc) is 3.04. The Bertz CT molecular complexity index is 569. The van der Waals surface area contributed by atoms with Gasteiger partial charge < -0.3 is 14.8 Å². The quantitative estimate of drug-likeness (QED) is 0.663. The second kappa shape index (κ2) is 7.46. The second-order valence-corrected chi connectivity index (χ2v) is 4.76. The Morgan fingerprint density at radius 1 is 1.57 bits per heavy atom. The third-order valence-corrected chi connectivity index (χ3v) is 3.32. The maximum Gasteiger partial charge on any atom is 0.262 e. The van der Waals surface area contributed by atoms with Gasteiger partial charge in [-0.25, -0.2) is 0 Å². The minimum atomic E-state index is -0.390. The van der Waals surface area contributed by atoms with Gasteiger partial charge in [-0.05, 0) is 25.0 Å². The topological polar surface area (TPSA) is 71.3 Å². The fourth-order valence-electron chi connectivity index (χ4n) is 2.20. The molecule has 1 amide bonds. The predicted molar refractivity (Wildman–Crippen MR) is 78.6 cm³/mol. The number of nitrogens with zero attached hydrogens (tertiary/aromatic N) is 1. The molecule has 1 atom stereocenters. The predicted octanol–water partition coefficient (Wildman–Crippen LogP) is 1.90. The maximum absolute atomic E-state index is 12.0. The average molecular weight is 286 g/mol. The summed E-state index contributed by atoms with van der Waals surface area (Å²) in [5.74, 6) is 0.232. The van der Waals surface area contributed by atoms with Crippen molar-refractivity contribution in [2.75, 3.05) is 20.3 Å². The Kier molecular flexibility index (Phi) is 5.35. The zero-order valence-corrected chi connectivity index (χ0v) is 12.0. The normalized spacial score (nSPS) is 18.1. The molecule has 0 aliphatic carbocycles. The van der Waals surface area contributed by atoms with E-state index in [9.17, 15) is 4.79 Å². The number of carbonyl (C=O) groups is 1. The first-order valence-electron chi connectivity index (χ1n) is 6.89. The van der Waals surface area contributed by atoms with E-state index in [1.807, 2.05) is 18.2 Å². The molecule has 2 rings (SSSR count). The lowest BCUT2D eigenvalue weighted by molar-refractivity contribution is -0.117. The summed E-state index contributed by atoms with van der Waals surface area (Å²) >= 11 is 0. The number of hydrogen-bond acceptors (Lipinski definition) is 4. The number of amides is 1. The van der Waals surface area contributed by atoms with E-state index >= 15 is 0 Å². The lowest BCUT2D eigenvalue weighted by atomic mass is 10.1. The largest absolute Gasteiger partial charge is 0.496 e. The van der Waals surface area contributed by atoms with Crippen molar-refractivity contribution in [3.05, 3.63) is 35.4 Å². The van der Waals surface area contributed by atoms with Crippen LogP contribution >= 0.6 is 0 Å². The highest BCUT2D eigenvalue weighted by molar-refractivity contribution is 6.01. The SMILES string of the molecule is COc1ccccc1/C=C(\C#N)C(=O)NC[C@H]1CCCO1. The first-order chi connectivity index (χ1) is 10.2. The van der Waals surface area contributed by atoms with Gasteiger partial charge in [0.1, 0.15) is 17.4 Å². The Balaban J connectivity index is 2.05. The van der Waals surface area contributed by atoms with Gasteiger partial charge in [0.25, 0.3) is 5.91 Å². The molecule has 1 aromatic rings. The van der Waals surface area contributed by atoms with Crippen LogP contribution in [0.15, 0.2) is 29.8 Å². The smallest absolute Gasteiger partial charge is 0.262 e. The standard InChI is InChI=1S/C16H18N2O3/c1-20-15-7-3-2-5-12(15)9-13(10-17)16(19)18-11-14-6-4-8-21-14/h2-3,5,7,9,14H,4,6,8,11H2,1H3,(H,18,19)/b13-9+/t14-/m1/s1. The zero-order valence-electron chi connectivity index (χ0n) is 12.0. The Morgan fingerprint density at radius 3 is 3.05 bits per heavy atom. The summed E-state index contributed by atoms with van der Waals surface area (Å²) in [5.41, 5.74) is 0.751. The number of nitriles is 1. The monoisotopic (exact) mass is 286 g/mol. The molecule has 0 spiro atoms. The number of carbonyl (C=O) groups excluding carboxylic acids is 1. The van der Waals surface area contributed by atoms with Gasteiger partial charge >= 0.3 is 0 Å². The van der Waals surface area contributed by atoms with Gasteiger partial charge in [-0.1, -0.05) is 18.2 Å². The summed E-state index contributed by atoms with van der Waals surface area (Å²) in [6, 6.07) is 9.17. The van der Waals surface area contributed by atoms with Crippen LogP contribution in [0.1, 0.15) is 18.4 Å². The van der Waals surface area contributed by atoms with Gasteiger partial charge in [-0.15, -0.1) is 0 Å². The highest BCUT2D eigenvalue weighted by Crippen LogP contribution is 2.20. The molecule has 0 radical (unpaired) electrons. The van der Waals surface area contributed by atoms with E-state index in [2.05, 4.69) is 5.32 Å². The summed E-state index contributed by atoms with van der Waals surface area (Å²) in [5, 5.41) is 11.9. The zero-order chi connectivity index (χ0) is 15.1. The van der Waals surface area contributed by atoms with Crippen LogP contribution in [0.4, 0.5) is 0 Å². The van der Waals surface area contributed by atoms with Crippen LogP contribution in [0.25, 0.3) is 6.08 Å². The van der Waals surface area contributed by atoms with Crippen molar-refractivity contribution in [1.82, 2.24) is 5.32 Å². The molecule has 0 bridgehead atoms. The number of hydrogen-bond donors (Lipinski definition) is 1. The first-order valence-corrected chi connectivity index (χ1v) is 6.89. The molecule has 1 saturated heterocycles. The molecule has 1 fully saturated rings. The van der Waals surface area contributed by atoms with Crippen molar-refractivity contribution in [3.8, 4) is 11.8 Å². The van der Waals surface area contributed by atoms with Gasteiger partial charge in [0, 0.05) is 18.7 Å². The number of rotatable bonds is 5. The number of ether oxygens (including phenoxy) is 2. The summed E-state index contributed by atoms with van der Waals surface area (Å²) in [6.45, 7) is 1.17. The fourth-order valence-corrected chi connectivity index (χ4v) is 2.20. The van der Waals surface area contributed by atoms with Gasteiger partial charge in [-0.3, -0.25) is 4.79 Å². The fraction of sp³-hybridized carbons (Fsp3) is 0.375. The molecular formula is C16H18N2O3. The highest BCUT2D eigenvalue weighted by Gasteiger charge is 2.17. The third kappa shape index (κ3) is 4.07. The van der Waals surface area contributed by atoms with E-state index in [1.165, 1.54) is 6.08 Å². The van der Waals surface area contributed by atoms with Gasteiger partial charge in [0.15, 0.2) is 0 Å². The summed E-state index contributed by atoms with van der Waals surface area (Å²) in [4.78, 5) is 12.0. The van der Waals surface area contributed by atoms with Crippen LogP contribution < -0.4 is 10.1 Å². The van der Waals surface area contributed by atoms with E-state index in [-0.39, 0.29) is 17.6 Å². The molecule has 0 aromatic heterocycles. The molecule has 0 unspecified atom stereocenters. The lowest BCUT2D eigenvalue weighted by Crippen LogP contribution is -2.32. The van der Waals surface area contributed by atoms with Crippen LogP contribution in [0.5, 0.6) is 5.75 Å². The van der Waals surface area contributed by atoms with Gasteiger partial charge in [0.2, 0.25) is 0 Å². The van der Waals surface area contributed by atoms with Crippen molar-refractivity contribution in [2.45, 2.75) is 18.9 Å². The van der Waals surface area contributed by atoms with Crippen molar-refractivity contribution in [3.63, 3.8) is 0 Å². The number of benzene rings is 1. The van der Waals surface area contributed by atoms with Crippen molar-refractivity contribution >= 4 is 12.0 Å². The van der Waals surface area contributed by atoms with Gasteiger partial charge in [0.05, 0.1) is 13.2 Å². The lowest BCUT2D eigenvalue weighted by Gasteiger charge is -2.10. The molecule has 5 nitrogen and oxygen atoms in total. The maximum atomic E-state index is 12.0. The molecule has 110 valence electrons. The minimum absolute atomic E-state index is 0.0532. The first kappa shape index (κ1) is 15.1. The Hall–Kier alpha value is -2.32. The molecule has 1 N–H and O–H groups in total.